The molecular weight excluding hydrogens is 460 g/mol. The van der Waals surface area contributed by atoms with Crippen LogP contribution in [0, 0.1) is 0 Å². The van der Waals surface area contributed by atoms with Crippen molar-refractivity contribution >= 4 is 17.4 Å². The van der Waals surface area contributed by atoms with Gasteiger partial charge in [0.15, 0.2) is 0 Å². The van der Waals surface area contributed by atoms with Crippen molar-refractivity contribution in [1.29, 1.82) is 0 Å². The van der Waals surface area contributed by atoms with Crippen molar-refractivity contribution in [3.63, 3.8) is 0 Å². The number of hydrogen-bond donors (Lipinski definition) is 1. The Labute approximate surface area is 213 Å². The summed E-state index contributed by atoms with van der Waals surface area (Å²) < 4.78 is 16.6. The van der Waals surface area contributed by atoms with Crippen LogP contribution in [0.4, 0.5) is 0 Å². The fraction of sp³-hybridized carbons (Fsp3) is 0.429. The molecule has 1 heterocycles. The molecule has 8 nitrogen and oxygen atoms in total. The van der Waals surface area contributed by atoms with Crippen LogP contribution >= 0.6 is 0 Å². The van der Waals surface area contributed by atoms with E-state index in [1.165, 1.54) is 12.0 Å². The van der Waals surface area contributed by atoms with Crippen LogP contribution in [0.15, 0.2) is 48.0 Å². The molecule has 0 unspecified atom stereocenters. The molecule has 0 saturated carbocycles. The Morgan fingerprint density at radius 1 is 1.00 bits per heavy atom. The first-order valence-corrected chi connectivity index (χ1v) is 12.2. The number of carbonyl (C=O) groups is 2. The van der Waals surface area contributed by atoms with E-state index < -0.39 is 17.7 Å². The summed E-state index contributed by atoms with van der Waals surface area (Å²) >= 11 is 0. The van der Waals surface area contributed by atoms with E-state index >= 15 is 0 Å². The zero-order valence-electron chi connectivity index (χ0n) is 21.7. The third-order valence-electron chi connectivity index (χ3n) is 6.17. The standard InChI is InChI=1S/C28H36N2O6/c1-6-7-17-36-20-11-9-19(10-12-20)26(31)24-25(22-14-13-21(34-4)18-23(22)35-5)30(28(33)27(24)32)16-8-15-29(2)3/h9-14,18,25,31H,6-8,15-17H2,1-5H3/b26-24+/t25-/m1/s1. The van der Waals surface area contributed by atoms with Gasteiger partial charge in [-0.2, -0.15) is 0 Å². The molecule has 1 aliphatic heterocycles. The molecule has 0 radical (unpaired) electrons. The van der Waals surface area contributed by atoms with E-state index in [1.807, 2.05) is 19.0 Å². The van der Waals surface area contributed by atoms with Gasteiger partial charge in [-0.3, -0.25) is 9.59 Å². The molecule has 194 valence electrons. The number of hydrogen-bond acceptors (Lipinski definition) is 7. The Morgan fingerprint density at radius 3 is 2.31 bits per heavy atom. The second-order valence-corrected chi connectivity index (χ2v) is 8.98. The number of benzene rings is 2. The quantitative estimate of drug-likeness (QED) is 0.203. The topological polar surface area (TPSA) is 88.5 Å². The van der Waals surface area contributed by atoms with E-state index in [4.69, 9.17) is 14.2 Å². The number of nitrogens with zero attached hydrogens (tertiary/aromatic N) is 2. The maximum atomic E-state index is 13.3. The Morgan fingerprint density at radius 2 is 1.69 bits per heavy atom. The number of rotatable bonds is 12. The average molecular weight is 497 g/mol. The SMILES string of the molecule is CCCCOc1ccc(/C(O)=C2\C(=O)C(=O)N(CCCN(C)C)[C@@H]2c2ccc(OC)cc2OC)cc1. The maximum absolute atomic E-state index is 13.3. The molecule has 1 amide bonds. The number of amides is 1. The number of aliphatic hydroxyl groups excluding tert-OH is 1. The summed E-state index contributed by atoms with van der Waals surface area (Å²) in [6.45, 7) is 3.80. The highest BCUT2D eigenvalue weighted by Gasteiger charge is 2.46. The van der Waals surface area contributed by atoms with Crippen molar-refractivity contribution in [2.45, 2.75) is 32.2 Å². The van der Waals surface area contributed by atoms with Gasteiger partial charge in [-0.15, -0.1) is 0 Å². The van der Waals surface area contributed by atoms with Crippen LogP contribution < -0.4 is 14.2 Å². The van der Waals surface area contributed by atoms with Gasteiger partial charge < -0.3 is 29.1 Å². The number of carbonyl (C=O) groups excluding carboxylic acids is 2. The minimum Gasteiger partial charge on any atom is -0.507 e. The van der Waals surface area contributed by atoms with Crippen LogP contribution in [0.25, 0.3) is 5.76 Å². The Bertz CT molecular complexity index is 1090. The van der Waals surface area contributed by atoms with Crippen LogP contribution in [0.5, 0.6) is 17.2 Å². The summed E-state index contributed by atoms with van der Waals surface area (Å²) in [4.78, 5) is 30.0. The van der Waals surface area contributed by atoms with Crippen molar-refractivity contribution < 1.29 is 28.9 Å². The van der Waals surface area contributed by atoms with Gasteiger partial charge in [0.2, 0.25) is 0 Å². The summed E-state index contributed by atoms with van der Waals surface area (Å²) in [6, 6.07) is 11.3. The number of unbranched alkanes of at least 4 members (excludes halogenated alkanes) is 1. The summed E-state index contributed by atoms with van der Waals surface area (Å²) in [7, 11) is 6.98. The number of Topliss-reactive ketones (excluding diaryl/α,β-unsaturated/α-hetero) is 1. The first-order chi connectivity index (χ1) is 17.3. The van der Waals surface area contributed by atoms with Gasteiger partial charge in [-0.1, -0.05) is 13.3 Å². The normalized spacial score (nSPS) is 17.1. The molecule has 3 rings (SSSR count). The van der Waals surface area contributed by atoms with E-state index in [2.05, 4.69) is 6.92 Å². The lowest BCUT2D eigenvalue weighted by Crippen LogP contribution is -2.32. The van der Waals surface area contributed by atoms with Crippen LogP contribution in [-0.2, 0) is 9.59 Å². The number of methoxy groups -OCH3 is 2. The molecule has 36 heavy (non-hydrogen) atoms. The van der Waals surface area contributed by atoms with Gasteiger partial charge >= 0.3 is 0 Å². The predicted molar refractivity (Wildman–Crippen MR) is 139 cm³/mol. The molecule has 1 fully saturated rings. The second-order valence-electron chi connectivity index (χ2n) is 8.98. The van der Waals surface area contributed by atoms with Crippen molar-refractivity contribution in [2.24, 2.45) is 0 Å². The minimum atomic E-state index is -0.798. The fourth-order valence-corrected chi connectivity index (χ4v) is 4.23. The molecule has 0 aliphatic carbocycles. The highest BCUT2D eigenvalue weighted by Crippen LogP contribution is 2.43. The summed E-state index contributed by atoms with van der Waals surface area (Å²) in [5.74, 6) is 0.133. The Hall–Kier alpha value is -3.52. The first kappa shape index (κ1) is 27.1. The van der Waals surface area contributed by atoms with Crippen LogP contribution in [0.2, 0.25) is 0 Å². The zero-order valence-corrected chi connectivity index (χ0v) is 21.7. The predicted octanol–water partition coefficient (Wildman–Crippen LogP) is 4.26. The molecule has 2 aromatic carbocycles. The molecule has 1 atom stereocenters. The van der Waals surface area contributed by atoms with E-state index in [-0.39, 0.29) is 11.3 Å². The van der Waals surface area contributed by atoms with Crippen molar-refractivity contribution in [3.05, 3.63) is 59.2 Å². The zero-order chi connectivity index (χ0) is 26.2. The fourth-order valence-electron chi connectivity index (χ4n) is 4.23. The molecule has 0 bridgehead atoms. The Kier molecular flexibility index (Phi) is 9.36. The molecule has 0 spiro atoms. The summed E-state index contributed by atoms with van der Waals surface area (Å²) in [6.07, 6.45) is 2.64. The number of ketones is 1. The van der Waals surface area contributed by atoms with Crippen LogP contribution in [-0.4, -0.2) is 74.6 Å². The third kappa shape index (κ3) is 5.99. The molecule has 1 N–H and O–H groups in total. The van der Waals surface area contributed by atoms with Crippen molar-refractivity contribution in [1.82, 2.24) is 9.80 Å². The third-order valence-corrected chi connectivity index (χ3v) is 6.17. The van der Waals surface area contributed by atoms with E-state index in [9.17, 15) is 14.7 Å². The molecule has 8 heteroatoms. The van der Waals surface area contributed by atoms with Crippen LogP contribution in [0.3, 0.4) is 0 Å². The maximum Gasteiger partial charge on any atom is 0.295 e. The first-order valence-electron chi connectivity index (χ1n) is 12.2. The number of aliphatic hydroxyl groups is 1. The number of likely N-dealkylation sites (tertiary alicyclic amines) is 1. The lowest BCUT2D eigenvalue weighted by Gasteiger charge is -2.27. The van der Waals surface area contributed by atoms with Gasteiger partial charge in [-0.25, -0.2) is 0 Å². The van der Waals surface area contributed by atoms with E-state index in [1.54, 1.807) is 49.6 Å². The van der Waals surface area contributed by atoms with Gasteiger partial charge in [-0.05, 0) is 69.9 Å². The second kappa shape index (κ2) is 12.4. The van der Waals surface area contributed by atoms with Gasteiger partial charge in [0, 0.05) is 23.7 Å². The summed E-state index contributed by atoms with van der Waals surface area (Å²) in [5, 5.41) is 11.3. The molecule has 0 aromatic heterocycles. The smallest absolute Gasteiger partial charge is 0.295 e. The lowest BCUT2D eigenvalue weighted by atomic mass is 9.94. The molecule has 1 aliphatic rings. The Balaban J connectivity index is 2.06. The number of ether oxygens (including phenoxy) is 3. The van der Waals surface area contributed by atoms with Gasteiger partial charge in [0.05, 0.1) is 32.4 Å². The molecule has 1 saturated heterocycles. The highest BCUT2D eigenvalue weighted by atomic mass is 16.5. The molecular formula is C28H36N2O6. The van der Waals surface area contributed by atoms with E-state index in [0.717, 1.165) is 19.4 Å². The van der Waals surface area contributed by atoms with Crippen molar-refractivity contribution in [3.8, 4) is 17.2 Å². The van der Waals surface area contributed by atoms with Crippen molar-refractivity contribution in [2.75, 3.05) is 48.0 Å². The van der Waals surface area contributed by atoms with E-state index in [0.29, 0.717) is 47.9 Å². The molecule has 2 aromatic rings. The minimum absolute atomic E-state index is 0.0352. The largest absolute Gasteiger partial charge is 0.507 e. The highest BCUT2D eigenvalue weighted by molar-refractivity contribution is 6.46. The van der Waals surface area contributed by atoms with Crippen LogP contribution in [0.1, 0.15) is 43.4 Å². The van der Waals surface area contributed by atoms with Gasteiger partial charge in [0.25, 0.3) is 11.7 Å². The average Bonchev–Trinajstić information content (AvgIpc) is 3.13. The lowest BCUT2D eigenvalue weighted by molar-refractivity contribution is -0.140. The monoisotopic (exact) mass is 496 g/mol. The summed E-state index contributed by atoms with van der Waals surface area (Å²) in [5.41, 5.74) is 1.07. The van der Waals surface area contributed by atoms with Gasteiger partial charge in [0.1, 0.15) is 23.0 Å².